The average Bonchev–Trinajstić information content (AvgIpc) is 2.68. The Morgan fingerprint density at radius 2 is 1.90 bits per heavy atom. The van der Waals surface area contributed by atoms with Crippen LogP contribution in [0.5, 0.6) is 0 Å². The highest BCUT2D eigenvalue weighted by Gasteiger charge is 2.39. The molecule has 0 spiro atoms. The first-order chi connectivity index (χ1) is 9.99. The van der Waals surface area contributed by atoms with Gasteiger partial charge in [0.2, 0.25) is 0 Å². The number of unbranched alkanes of at least 4 members (excludes halogenated alkanes) is 1. The number of ketones is 1. The Morgan fingerprint density at radius 3 is 2.52 bits per heavy atom. The Morgan fingerprint density at radius 1 is 1.19 bits per heavy atom. The molecular formula is C16H19F2NO2. The van der Waals surface area contributed by atoms with Crippen molar-refractivity contribution in [3.63, 3.8) is 0 Å². The molecule has 2 rings (SSSR count). The lowest BCUT2D eigenvalue weighted by molar-refractivity contribution is -0.114. The molecule has 0 N–H and O–H groups in total. The lowest BCUT2D eigenvalue weighted by atomic mass is 9.98. The van der Waals surface area contributed by atoms with Crippen LogP contribution < -0.4 is 4.90 Å². The molecule has 5 heteroatoms. The third-order valence-corrected chi connectivity index (χ3v) is 3.97. The van der Waals surface area contributed by atoms with Crippen LogP contribution >= 0.6 is 0 Å². The van der Waals surface area contributed by atoms with E-state index in [1.54, 1.807) is 0 Å². The first-order valence-corrected chi connectivity index (χ1v) is 7.34. The number of nitrogens with zero attached hydrogens (tertiary/aromatic N) is 1. The average molecular weight is 295 g/mol. The van der Waals surface area contributed by atoms with Crippen LogP contribution in [0.3, 0.4) is 0 Å². The van der Waals surface area contributed by atoms with E-state index in [1.165, 1.54) is 4.90 Å². The number of hydrogen-bond acceptors (Lipinski definition) is 2. The standard InChI is InChI=1S/C16H19F2NO2/c1-3-5-6-10(4-2)9-19-14-12(15(20)16(19)21)7-11(17)8-13(14)18/h7-8,10H,3-6,9H2,1-2H3. The van der Waals surface area contributed by atoms with Gasteiger partial charge in [-0.05, 0) is 18.4 Å². The molecule has 0 radical (unpaired) electrons. The number of carbonyl (C=O) groups is 2. The van der Waals surface area contributed by atoms with Crippen LogP contribution in [0.15, 0.2) is 12.1 Å². The van der Waals surface area contributed by atoms with Crippen molar-refractivity contribution in [1.29, 1.82) is 0 Å². The number of hydrogen-bond donors (Lipinski definition) is 0. The third kappa shape index (κ3) is 2.96. The van der Waals surface area contributed by atoms with Gasteiger partial charge in [0, 0.05) is 12.6 Å². The molecule has 1 heterocycles. The van der Waals surface area contributed by atoms with E-state index in [1.807, 2.05) is 6.92 Å². The van der Waals surface area contributed by atoms with Gasteiger partial charge in [0.05, 0.1) is 11.3 Å². The van der Waals surface area contributed by atoms with Crippen molar-refractivity contribution in [2.24, 2.45) is 5.92 Å². The van der Waals surface area contributed by atoms with Gasteiger partial charge < -0.3 is 4.90 Å². The number of fused-ring (bicyclic) bond motifs is 1. The predicted molar refractivity (Wildman–Crippen MR) is 76.3 cm³/mol. The summed E-state index contributed by atoms with van der Waals surface area (Å²) in [6.07, 6.45) is 3.83. The minimum atomic E-state index is -0.852. The summed E-state index contributed by atoms with van der Waals surface area (Å²) in [7, 11) is 0. The Balaban J connectivity index is 2.30. The van der Waals surface area contributed by atoms with Crippen molar-refractivity contribution in [3.8, 4) is 0 Å². The van der Waals surface area contributed by atoms with Crippen molar-refractivity contribution in [2.75, 3.05) is 11.4 Å². The Bertz CT molecular complexity index is 572. The Labute approximate surface area is 122 Å². The van der Waals surface area contributed by atoms with Gasteiger partial charge >= 0.3 is 0 Å². The molecule has 1 aliphatic heterocycles. The minimum absolute atomic E-state index is 0.0682. The van der Waals surface area contributed by atoms with E-state index in [4.69, 9.17) is 0 Å². The molecule has 114 valence electrons. The molecule has 0 saturated heterocycles. The number of amides is 1. The molecule has 1 aromatic rings. The zero-order chi connectivity index (χ0) is 15.6. The largest absolute Gasteiger partial charge is 0.302 e. The van der Waals surface area contributed by atoms with E-state index in [2.05, 4.69) is 6.92 Å². The molecule has 1 unspecified atom stereocenters. The van der Waals surface area contributed by atoms with E-state index >= 15 is 0 Å². The lowest BCUT2D eigenvalue weighted by Crippen LogP contribution is -2.34. The molecule has 0 fully saturated rings. The van der Waals surface area contributed by atoms with Gasteiger partial charge in [-0.2, -0.15) is 0 Å². The number of Topliss-reactive ketones (excluding diaryl/α,β-unsaturated/α-hetero) is 1. The summed E-state index contributed by atoms with van der Waals surface area (Å²) < 4.78 is 27.2. The highest BCUT2D eigenvalue weighted by Crippen LogP contribution is 2.34. The molecule has 0 saturated carbocycles. The number of halogens is 2. The van der Waals surface area contributed by atoms with Gasteiger partial charge in [-0.25, -0.2) is 8.78 Å². The summed E-state index contributed by atoms with van der Waals surface area (Å²) in [5.74, 6) is -3.07. The highest BCUT2D eigenvalue weighted by atomic mass is 19.1. The van der Waals surface area contributed by atoms with Crippen molar-refractivity contribution in [3.05, 3.63) is 29.3 Å². The van der Waals surface area contributed by atoms with Crippen LogP contribution in [0.4, 0.5) is 14.5 Å². The van der Waals surface area contributed by atoms with Crippen molar-refractivity contribution in [1.82, 2.24) is 0 Å². The van der Waals surface area contributed by atoms with Crippen LogP contribution in [-0.4, -0.2) is 18.2 Å². The molecule has 1 amide bonds. The van der Waals surface area contributed by atoms with Gasteiger partial charge in [0.25, 0.3) is 11.7 Å². The zero-order valence-corrected chi connectivity index (χ0v) is 12.3. The molecule has 0 bridgehead atoms. The fourth-order valence-electron chi connectivity index (χ4n) is 2.70. The molecule has 0 aromatic heterocycles. The van der Waals surface area contributed by atoms with Crippen LogP contribution in [0.2, 0.25) is 0 Å². The van der Waals surface area contributed by atoms with Crippen LogP contribution in [-0.2, 0) is 4.79 Å². The molecule has 0 aliphatic carbocycles. The van der Waals surface area contributed by atoms with Crippen molar-refractivity contribution >= 4 is 17.4 Å². The normalized spacial score (nSPS) is 15.5. The second kappa shape index (κ2) is 6.33. The highest BCUT2D eigenvalue weighted by molar-refractivity contribution is 6.52. The monoisotopic (exact) mass is 295 g/mol. The van der Waals surface area contributed by atoms with Crippen LogP contribution in [0.1, 0.15) is 49.9 Å². The molecule has 3 nitrogen and oxygen atoms in total. The fraction of sp³-hybridized carbons (Fsp3) is 0.500. The molecule has 21 heavy (non-hydrogen) atoms. The van der Waals surface area contributed by atoms with Gasteiger partial charge in [-0.1, -0.05) is 33.1 Å². The Kier molecular flexibility index (Phi) is 4.70. The SMILES string of the molecule is CCCCC(CC)CN1C(=O)C(=O)c2cc(F)cc(F)c21. The van der Waals surface area contributed by atoms with E-state index in [9.17, 15) is 18.4 Å². The molecular weight excluding hydrogens is 276 g/mol. The predicted octanol–water partition coefficient (Wildman–Crippen LogP) is 3.71. The maximum atomic E-state index is 14.0. The summed E-state index contributed by atoms with van der Waals surface area (Å²) in [4.78, 5) is 25.1. The van der Waals surface area contributed by atoms with E-state index in [-0.39, 0.29) is 17.2 Å². The zero-order valence-electron chi connectivity index (χ0n) is 12.3. The maximum absolute atomic E-state index is 14.0. The fourth-order valence-corrected chi connectivity index (χ4v) is 2.70. The summed E-state index contributed by atoms with van der Waals surface area (Å²) >= 11 is 0. The third-order valence-electron chi connectivity index (χ3n) is 3.97. The van der Waals surface area contributed by atoms with Gasteiger partial charge in [0.15, 0.2) is 5.82 Å². The molecule has 1 aromatic carbocycles. The molecule has 1 aliphatic rings. The summed E-state index contributed by atoms with van der Waals surface area (Å²) in [5, 5.41) is 0. The van der Waals surface area contributed by atoms with Crippen LogP contribution in [0, 0.1) is 17.6 Å². The van der Waals surface area contributed by atoms with Gasteiger partial charge in [-0.15, -0.1) is 0 Å². The second-order valence-electron chi connectivity index (χ2n) is 5.45. The molecule has 1 atom stereocenters. The van der Waals surface area contributed by atoms with Gasteiger partial charge in [0.1, 0.15) is 5.82 Å². The maximum Gasteiger partial charge on any atom is 0.299 e. The number of benzene rings is 1. The topological polar surface area (TPSA) is 37.4 Å². The van der Waals surface area contributed by atoms with Crippen LogP contribution in [0.25, 0.3) is 0 Å². The first kappa shape index (κ1) is 15.6. The summed E-state index contributed by atoms with van der Waals surface area (Å²) in [6.45, 7) is 4.39. The Hall–Kier alpha value is -1.78. The van der Waals surface area contributed by atoms with Crippen molar-refractivity contribution < 1.29 is 18.4 Å². The van der Waals surface area contributed by atoms with Gasteiger partial charge in [-0.3, -0.25) is 9.59 Å². The van der Waals surface area contributed by atoms with E-state index < -0.39 is 23.3 Å². The summed E-state index contributed by atoms with van der Waals surface area (Å²) in [6, 6.07) is 1.65. The minimum Gasteiger partial charge on any atom is -0.302 e. The first-order valence-electron chi connectivity index (χ1n) is 7.34. The van der Waals surface area contributed by atoms with E-state index in [0.29, 0.717) is 12.6 Å². The second-order valence-corrected chi connectivity index (χ2v) is 5.45. The van der Waals surface area contributed by atoms with E-state index in [0.717, 1.165) is 31.7 Å². The lowest BCUT2D eigenvalue weighted by Gasteiger charge is -2.23. The smallest absolute Gasteiger partial charge is 0.299 e. The summed E-state index contributed by atoms with van der Waals surface area (Å²) in [5.41, 5.74) is -0.232. The number of rotatable bonds is 6. The van der Waals surface area contributed by atoms with Crippen molar-refractivity contribution in [2.45, 2.75) is 39.5 Å². The number of carbonyl (C=O) groups excluding carboxylic acids is 2. The quantitative estimate of drug-likeness (QED) is 0.750. The number of anilines is 1.